The van der Waals surface area contributed by atoms with Gasteiger partial charge in [0.2, 0.25) is 0 Å². The minimum absolute atomic E-state index is 0.103. The van der Waals surface area contributed by atoms with Crippen molar-refractivity contribution in [3.63, 3.8) is 0 Å². The van der Waals surface area contributed by atoms with E-state index in [4.69, 9.17) is 5.11 Å². The van der Waals surface area contributed by atoms with E-state index in [0.29, 0.717) is 22.3 Å². The molecule has 6 heteroatoms. The average molecular weight is 378 g/mol. The van der Waals surface area contributed by atoms with E-state index in [1.807, 2.05) is 49.4 Å². The van der Waals surface area contributed by atoms with Crippen molar-refractivity contribution in [1.82, 2.24) is 4.90 Å². The van der Waals surface area contributed by atoms with E-state index in [-0.39, 0.29) is 11.5 Å². The third-order valence-corrected chi connectivity index (χ3v) is 4.88. The number of benzene rings is 2. The standard InChI is InChI=1S/C21H18N2O3S/c1-2-23-19(24)18(13-6-10-15-8-4-3-5-9-15)27-21(23)22-17-12-7-11-16(14-17)20(25)26/h3-14H,2H2,1H3,(H,25,26)/b10-6+,18-13+,22-21?. The monoisotopic (exact) mass is 378 g/mol. The number of carboxylic acids is 1. The van der Waals surface area contributed by atoms with Gasteiger partial charge in [-0.25, -0.2) is 9.79 Å². The lowest BCUT2D eigenvalue weighted by atomic mass is 10.2. The van der Waals surface area contributed by atoms with Crippen LogP contribution in [-0.2, 0) is 4.79 Å². The highest BCUT2D eigenvalue weighted by molar-refractivity contribution is 8.18. The number of carbonyl (C=O) groups excluding carboxylic acids is 1. The Morgan fingerprint density at radius 1 is 1.19 bits per heavy atom. The van der Waals surface area contributed by atoms with Gasteiger partial charge >= 0.3 is 5.97 Å². The Morgan fingerprint density at radius 3 is 2.67 bits per heavy atom. The number of aromatic carboxylic acids is 1. The molecule has 1 aliphatic rings. The molecule has 2 aromatic rings. The Labute approximate surface area is 161 Å². The summed E-state index contributed by atoms with van der Waals surface area (Å²) in [6.07, 6.45) is 5.55. The highest BCUT2D eigenvalue weighted by Crippen LogP contribution is 2.32. The molecule has 3 rings (SSSR count). The molecule has 1 saturated heterocycles. The molecule has 0 aromatic heterocycles. The average Bonchev–Trinajstić information content (AvgIpc) is 2.97. The van der Waals surface area contributed by atoms with Crippen LogP contribution in [0.1, 0.15) is 22.8 Å². The van der Waals surface area contributed by atoms with Crippen molar-refractivity contribution >= 4 is 40.6 Å². The molecular formula is C21H18N2O3S. The first-order valence-electron chi connectivity index (χ1n) is 8.43. The number of likely N-dealkylation sites (N-methyl/N-ethyl adjacent to an activating group) is 1. The first-order chi connectivity index (χ1) is 13.1. The molecule has 0 saturated carbocycles. The fourth-order valence-corrected chi connectivity index (χ4v) is 3.53. The topological polar surface area (TPSA) is 70.0 Å². The van der Waals surface area contributed by atoms with Crippen molar-refractivity contribution in [1.29, 1.82) is 0 Å². The van der Waals surface area contributed by atoms with E-state index in [1.54, 1.807) is 23.1 Å². The second-order valence-electron chi connectivity index (χ2n) is 5.70. The number of allylic oxidation sites excluding steroid dienone is 2. The predicted molar refractivity (Wildman–Crippen MR) is 109 cm³/mol. The summed E-state index contributed by atoms with van der Waals surface area (Å²) < 4.78 is 0. The van der Waals surface area contributed by atoms with Crippen LogP contribution >= 0.6 is 11.8 Å². The lowest BCUT2D eigenvalue weighted by Gasteiger charge is -2.12. The van der Waals surface area contributed by atoms with Gasteiger partial charge in [0.1, 0.15) is 0 Å². The van der Waals surface area contributed by atoms with Gasteiger partial charge in [-0.2, -0.15) is 0 Å². The number of rotatable bonds is 5. The van der Waals surface area contributed by atoms with Crippen LogP contribution in [0.2, 0.25) is 0 Å². The summed E-state index contributed by atoms with van der Waals surface area (Å²) in [5.74, 6) is -1.11. The number of hydrogen-bond donors (Lipinski definition) is 1. The zero-order valence-electron chi connectivity index (χ0n) is 14.7. The van der Waals surface area contributed by atoms with Crippen LogP contribution in [0, 0.1) is 0 Å². The van der Waals surface area contributed by atoms with E-state index in [2.05, 4.69) is 4.99 Å². The van der Waals surface area contributed by atoms with Crippen LogP contribution < -0.4 is 0 Å². The number of amides is 1. The summed E-state index contributed by atoms with van der Waals surface area (Å²) in [5, 5.41) is 9.65. The van der Waals surface area contributed by atoms with Crippen LogP contribution in [0.15, 0.2) is 76.6 Å². The Balaban J connectivity index is 1.84. The first kappa shape index (κ1) is 18.7. The van der Waals surface area contributed by atoms with E-state index in [0.717, 1.165) is 5.56 Å². The number of hydrogen-bond acceptors (Lipinski definition) is 4. The Hall–Kier alpha value is -3.12. The number of carbonyl (C=O) groups is 2. The van der Waals surface area contributed by atoms with Gasteiger partial charge in [-0.15, -0.1) is 0 Å². The summed E-state index contributed by atoms with van der Waals surface area (Å²) in [7, 11) is 0. The van der Waals surface area contributed by atoms with Gasteiger partial charge in [0.05, 0.1) is 16.2 Å². The molecular weight excluding hydrogens is 360 g/mol. The van der Waals surface area contributed by atoms with Crippen molar-refractivity contribution in [2.75, 3.05) is 6.54 Å². The van der Waals surface area contributed by atoms with Crippen molar-refractivity contribution in [2.24, 2.45) is 4.99 Å². The maximum Gasteiger partial charge on any atom is 0.335 e. The van der Waals surface area contributed by atoms with Gasteiger partial charge in [0.15, 0.2) is 5.17 Å². The largest absolute Gasteiger partial charge is 0.478 e. The zero-order chi connectivity index (χ0) is 19.2. The van der Waals surface area contributed by atoms with Gasteiger partial charge in [-0.3, -0.25) is 9.69 Å². The molecule has 136 valence electrons. The molecule has 5 nitrogen and oxygen atoms in total. The Kier molecular flexibility index (Phi) is 5.88. The maximum atomic E-state index is 12.6. The zero-order valence-corrected chi connectivity index (χ0v) is 15.5. The Morgan fingerprint density at radius 2 is 1.96 bits per heavy atom. The SMILES string of the molecule is CCN1C(=O)/C(=C\C=C\c2ccccc2)SC1=Nc1cccc(C(=O)O)c1. The molecule has 1 aliphatic heterocycles. The fourth-order valence-electron chi connectivity index (χ4n) is 2.51. The van der Waals surface area contributed by atoms with E-state index in [1.165, 1.54) is 23.9 Å². The lowest BCUT2D eigenvalue weighted by molar-refractivity contribution is -0.122. The molecule has 0 radical (unpaired) electrons. The first-order valence-corrected chi connectivity index (χ1v) is 9.25. The highest BCUT2D eigenvalue weighted by Gasteiger charge is 2.31. The molecule has 27 heavy (non-hydrogen) atoms. The second kappa shape index (κ2) is 8.51. The number of nitrogens with zero attached hydrogens (tertiary/aromatic N) is 2. The van der Waals surface area contributed by atoms with Crippen LogP contribution in [0.4, 0.5) is 5.69 Å². The van der Waals surface area contributed by atoms with Crippen molar-refractivity contribution < 1.29 is 14.7 Å². The number of amidine groups is 1. The van der Waals surface area contributed by atoms with E-state index in [9.17, 15) is 9.59 Å². The minimum Gasteiger partial charge on any atom is -0.478 e. The van der Waals surface area contributed by atoms with Crippen molar-refractivity contribution in [2.45, 2.75) is 6.92 Å². The summed E-state index contributed by atoms with van der Waals surface area (Å²) in [5.41, 5.74) is 1.72. The molecule has 0 spiro atoms. The third kappa shape index (κ3) is 4.54. The van der Waals surface area contributed by atoms with Crippen LogP contribution in [0.25, 0.3) is 6.08 Å². The molecule has 1 heterocycles. The fraction of sp³-hybridized carbons (Fsp3) is 0.0952. The predicted octanol–water partition coefficient (Wildman–Crippen LogP) is 4.56. The third-order valence-electron chi connectivity index (χ3n) is 3.86. The quantitative estimate of drug-likeness (QED) is 0.774. The van der Waals surface area contributed by atoms with Crippen molar-refractivity contribution in [3.05, 3.63) is 82.8 Å². The maximum absolute atomic E-state index is 12.6. The number of aliphatic imine (C=N–C) groups is 1. The normalized spacial score (nSPS) is 17.4. The molecule has 2 aromatic carbocycles. The van der Waals surface area contributed by atoms with Gasteiger partial charge in [-0.1, -0.05) is 48.6 Å². The molecule has 1 amide bonds. The lowest BCUT2D eigenvalue weighted by Crippen LogP contribution is -2.28. The van der Waals surface area contributed by atoms with Crippen molar-refractivity contribution in [3.8, 4) is 0 Å². The molecule has 0 aliphatic carbocycles. The second-order valence-corrected chi connectivity index (χ2v) is 6.71. The van der Waals surface area contributed by atoms with Gasteiger partial charge < -0.3 is 5.11 Å². The molecule has 0 bridgehead atoms. The van der Waals surface area contributed by atoms with Gasteiger partial charge in [-0.05, 0) is 48.5 Å². The number of thioether (sulfide) groups is 1. The van der Waals surface area contributed by atoms with E-state index >= 15 is 0 Å². The van der Waals surface area contributed by atoms with Crippen LogP contribution in [0.5, 0.6) is 0 Å². The summed E-state index contributed by atoms with van der Waals surface area (Å²) in [4.78, 5) is 30.3. The molecule has 1 N–H and O–H groups in total. The van der Waals surface area contributed by atoms with Gasteiger partial charge in [0.25, 0.3) is 5.91 Å². The van der Waals surface area contributed by atoms with Crippen LogP contribution in [-0.4, -0.2) is 33.6 Å². The van der Waals surface area contributed by atoms with Gasteiger partial charge in [0, 0.05) is 6.54 Å². The summed E-state index contributed by atoms with van der Waals surface area (Å²) in [6, 6.07) is 16.2. The smallest absolute Gasteiger partial charge is 0.335 e. The molecule has 1 fully saturated rings. The minimum atomic E-state index is -1.01. The Bertz CT molecular complexity index is 949. The molecule has 0 unspecified atom stereocenters. The highest BCUT2D eigenvalue weighted by atomic mass is 32.2. The summed E-state index contributed by atoms with van der Waals surface area (Å²) in [6.45, 7) is 2.37. The van der Waals surface area contributed by atoms with Crippen LogP contribution in [0.3, 0.4) is 0 Å². The summed E-state index contributed by atoms with van der Waals surface area (Å²) >= 11 is 1.28. The number of carboxylic acid groups (broad SMARTS) is 1. The van der Waals surface area contributed by atoms with E-state index < -0.39 is 5.97 Å². The molecule has 0 atom stereocenters.